The molecular weight excluding hydrogens is 196 g/mol. The lowest BCUT2D eigenvalue weighted by molar-refractivity contribution is 0.114. The predicted octanol–water partition coefficient (Wildman–Crippen LogP) is 2.89. The van der Waals surface area contributed by atoms with Crippen molar-refractivity contribution >= 4 is 0 Å². The van der Waals surface area contributed by atoms with E-state index >= 15 is 0 Å². The molecule has 3 unspecified atom stereocenters. The average molecular weight is 226 g/mol. The molecule has 1 heterocycles. The van der Waals surface area contributed by atoms with Gasteiger partial charge in [0.25, 0.3) is 0 Å². The molecule has 1 saturated heterocycles. The number of hydrogen-bond acceptors (Lipinski definition) is 2. The number of hydrogen-bond donors (Lipinski definition) is 1. The molecule has 0 aromatic carbocycles. The summed E-state index contributed by atoms with van der Waals surface area (Å²) in [7, 11) is 2.07. The molecule has 0 bridgehead atoms. The Labute approximate surface area is 102 Å². The molecule has 1 fully saturated rings. The Bertz CT molecular complexity index is 205. The van der Waals surface area contributed by atoms with Crippen molar-refractivity contribution in [1.82, 2.24) is 10.2 Å². The molecule has 0 aromatic rings. The Kier molecular flexibility index (Phi) is 5.26. The summed E-state index contributed by atoms with van der Waals surface area (Å²) in [5.74, 6) is 0. The summed E-state index contributed by atoms with van der Waals surface area (Å²) in [5, 5.41) is 3.35. The van der Waals surface area contributed by atoms with E-state index in [1.165, 1.54) is 32.2 Å². The quantitative estimate of drug-likeness (QED) is 0.749. The van der Waals surface area contributed by atoms with E-state index in [1.807, 2.05) is 0 Å². The third kappa shape index (κ3) is 3.21. The SMILES string of the molecule is CCC1CCC(C)N1CC(C)(CC)CNC. The van der Waals surface area contributed by atoms with Crippen molar-refractivity contribution < 1.29 is 0 Å². The lowest BCUT2D eigenvalue weighted by Crippen LogP contribution is -2.45. The van der Waals surface area contributed by atoms with E-state index < -0.39 is 0 Å². The highest BCUT2D eigenvalue weighted by atomic mass is 15.2. The highest BCUT2D eigenvalue weighted by Gasteiger charge is 2.34. The minimum atomic E-state index is 0.431. The fraction of sp³-hybridized carbons (Fsp3) is 1.00. The van der Waals surface area contributed by atoms with Crippen LogP contribution in [-0.4, -0.2) is 37.1 Å². The first-order valence-corrected chi connectivity index (χ1v) is 6.96. The van der Waals surface area contributed by atoms with Crippen LogP contribution in [0.1, 0.15) is 53.4 Å². The molecule has 0 aliphatic carbocycles. The van der Waals surface area contributed by atoms with E-state index in [0.717, 1.165) is 18.6 Å². The second-order valence-electron chi connectivity index (χ2n) is 5.86. The minimum Gasteiger partial charge on any atom is -0.319 e. The van der Waals surface area contributed by atoms with Crippen molar-refractivity contribution in [3.63, 3.8) is 0 Å². The smallest absolute Gasteiger partial charge is 0.00962 e. The maximum absolute atomic E-state index is 3.35. The van der Waals surface area contributed by atoms with Crippen LogP contribution in [0, 0.1) is 5.41 Å². The number of nitrogens with one attached hydrogen (secondary N) is 1. The monoisotopic (exact) mass is 226 g/mol. The fourth-order valence-electron chi connectivity index (χ4n) is 3.01. The Hall–Kier alpha value is -0.0800. The Balaban J connectivity index is 2.62. The van der Waals surface area contributed by atoms with Gasteiger partial charge in [-0.25, -0.2) is 0 Å². The highest BCUT2D eigenvalue weighted by Crippen LogP contribution is 2.31. The van der Waals surface area contributed by atoms with Crippen LogP contribution in [0.25, 0.3) is 0 Å². The maximum Gasteiger partial charge on any atom is 0.00962 e. The summed E-state index contributed by atoms with van der Waals surface area (Å²) in [6, 6.07) is 1.62. The van der Waals surface area contributed by atoms with Crippen LogP contribution in [-0.2, 0) is 0 Å². The van der Waals surface area contributed by atoms with Gasteiger partial charge in [0, 0.05) is 25.2 Å². The van der Waals surface area contributed by atoms with E-state index in [1.54, 1.807) is 0 Å². The first kappa shape index (κ1) is 14.0. The highest BCUT2D eigenvalue weighted by molar-refractivity contribution is 4.89. The molecule has 0 amide bonds. The average Bonchev–Trinajstić information content (AvgIpc) is 2.60. The molecule has 1 aliphatic rings. The van der Waals surface area contributed by atoms with Crippen LogP contribution in [0.5, 0.6) is 0 Å². The van der Waals surface area contributed by atoms with Gasteiger partial charge in [-0.05, 0) is 45.1 Å². The van der Waals surface area contributed by atoms with Gasteiger partial charge in [-0.3, -0.25) is 4.90 Å². The zero-order chi connectivity index (χ0) is 12.2. The number of rotatable bonds is 6. The van der Waals surface area contributed by atoms with Gasteiger partial charge in [0.1, 0.15) is 0 Å². The van der Waals surface area contributed by atoms with Gasteiger partial charge in [0.05, 0.1) is 0 Å². The van der Waals surface area contributed by atoms with Crippen LogP contribution in [0.2, 0.25) is 0 Å². The van der Waals surface area contributed by atoms with Crippen molar-refractivity contribution in [2.24, 2.45) is 5.41 Å². The fourth-order valence-corrected chi connectivity index (χ4v) is 3.01. The maximum atomic E-state index is 3.35. The van der Waals surface area contributed by atoms with E-state index in [0.29, 0.717) is 5.41 Å². The van der Waals surface area contributed by atoms with Crippen molar-refractivity contribution in [2.75, 3.05) is 20.1 Å². The third-order valence-corrected chi connectivity index (χ3v) is 4.45. The summed E-state index contributed by atoms with van der Waals surface area (Å²) in [4.78, 5) is 2.75. The molecule has 0 saturated carbocycles. The molecule has 2 nitrogen and oxygen atoms in total. The molecule has 1 N–H and O–H groups in total. The Morgan fingerprint density at radius 2 is 2.00 bits per heavy atom. The zero-order valence-corrected chi connectivity index (χ0v) is 11.8. The molecule has 0 spiro atoms. The van der Waals surface area contributed by atoms with Gasteiger partial charge in [-0.1, -0.05) is 20.8 Å². The molecule has 96 valence electrons. The summed E-state index contributed by atoms with van der Waals surface area (Å²) >= 11 is 0. The van der Waals surface area contributed by atoms with Gasteiger partial charge in [0.15, 0.2) is 0 Å². The van der Waals surface area contributed by atoms with Crippen molar-refractivity contribution in [3.8, 4) is 0 Å². The van der Waals surface area contributed by atoms with E-state index in [4.69, 9.17) is 0 Å². The summed E-state index contributed by atoms with van der Waals surface area (Å²) in [6.07, 6.45) is 5.35. The molecule has 1 aliphatic heterocycles. The van der Waals surface area contributed by atoms with Crippen LogP contribution in [0.15, 0.2) is 0 Å². The lowest BCUT2D eigenvalue weighted by Gasteiger charge is -2.38. The van der Waals surface area contributed by atoms with E-state index in [9.17, 15) is 0 Å². The molecule has 1 rings (SSSR count). The Morgan fingerprint density at radius 1 is 1.31 bits per heavy atom. The molecule has 2 heteroatoms. The van der Waals surface area contributed by atoms with Gasteiger partial charge < -0.3 is 5.32 Å². The summed E-state index contributed by atoms with van der Waals surface area (Å²) in [5.41, 5.74) is 0.431. The van der Waals surface area contributed by atoms with Crippen LogP contribution < -0.4 is 5.32 Å². The lowest BCUT2D eigenvalue weighted by atomic mass is 9.86. The second kappa shape index (κ2) is 6.02. The van der Waals surface area contributed by atoms with Crippen LogP contribution in [0.3, 0.4) is 0 Å². The minimum absolute atomic E-state index is 0.431. The topological polar surface area (TPSA) is 15.3 Å². The molecule has 16 heavy (non-hydrogen) atoms. The molecule has 3 atom stereocenters. The largest absolute Gasteiger partial charge is 0.319 e. The normalized spacial score (nSPS) is 30.6. The zero-order valence-electron chi connectivity index (χ0n) is 11.8. The van der Waals surface area contributed by atoms with Crippen molar-refractivity contribution in [1.29, 1.82) is 0 Å². The van der Waals surface area contributed by atoms with E-state index in [-0.39, 0.29) is 0 Å². The first-order chi connectivity index (χ1) is 7.56. The summed E-state index contributed by atoms with van der Waals surface area (Å²) < 4.78 is 0. The number of nitrogens with zero attached hydrogens (tertiary/aromatic N) is 1. The molecular formula is C14H30N2. The predicted molar refractivity (Wildman–Crippen MR) is 71.8 cm³/mol. The van der Waals surface area contributed by atoms with Gasteiger partial charge in [-0.2, -0.15) is 0 Å². The Morgan fingerprint density at radius 3 is 2.50 bits per heavy atom. The number of likely N-dealkylation sites (tertiary alicyclic amines) is 1. The van der Waals surface area contributed by atoms with Crippen LogP contribution in [0.4, 0.5) is 0 Å². The summed E-state index contributed by atoms with van der Waals surface area (Å²) in [6.45, 7) is 11.8. The van der Waals surface area contributed by atoms with Crippen molar-refractivity contribution in [2.45, 2.75) is 65.5 Å². The van der Waals surface area contributed by atoms with Crippen LogP contribution >= 0.6 is 0 Å². The van der Waals surface area contributed by atoms with Gasteiger partial charge in [0.2, 0.25) is 0 Å². The standard InChI is InChI=1S/C14H30N2/c1-6-13-9-8-12(3)16(13)11-14(4,7-2)10-15-5/h12-13,15H,6-11H2,1-5H3. The first-order valence-electron chi connectivity index (χ1n) is 6.96. The second-order valence-corrected chi connectivity index (χ2v) is 5.86. The van der Waals surface area contributed by atoms with Gasteiger partial charge >= 0.3 is 0 Å². The van der Waals surface area contributed by atoms with Crippen molar-refractivity contribution in [3.05, 3.63) is 0 Å². The third-order valence-electron chi connectivity index (χ3n) is 4.45. The molecule has 0 aromatic heterocycles. The van der Waals surface area contributed by atoms with E-state index in [2.05, 4.69) is 45.0 Å². The molecule has 0 radical (unpaired) electrons. The van der Waals surface area contributed by atoms with Gasteiger partial charge in [-0.15, -0.1) is 0 Å².